The van der Waals surface area contributed by atoms with E-state index in [1.807, 2.05) is 12.1 Å². The molecule has 0 spiro atoms. The highest BCUT2D eigenvalue weighted by atomic mass is 16.6. The van der Waals surface area contributed by atoms with E-state index in [0.717, 1.165) is 12.0 Å². The van der Waals surface area contributed by atoms with Crippen molar-refractivity contribution in [1.82, 2.24) is 0 Å². The molecule has 16 heavy (non-hydrogen) atoms. The molecule has 0 aliphatic carbocycles. The van der Waals surface area contributed by atoms with E-state index < -0.39 is 0 Å². The first kappa shape index (κ1) is 12.6. The van der Waals surface area contributed by atoms with Crippen LogP contribution in [0.2, 0.25) is 0 Å². The van der Waals surface area contributed by atoms with E-state index in [4.69, 9.17) is 5.73 Å². The van der Waals surface area contributed by atoms with Gasteiger partial charge in [0, 0.05) is 11.6 Å². The van der Waals surface area contributed by atoms with Gasteiger partial charge in [-0.15, -0.1) is 0 Å². The Bertz CT molecular complexity index is 375. The van der Waals surface area contributed by atoms with Gasteiger partial charge < -0.3 is 5.73 Å². The minimum atomic E-state index is -0.329. The lowest BCUT2D eigenvalue weighted by Crippen LogP contribution is -2.24. The summed E-state index contributed by atoms with van der Waals surface area (Å²) in [6.45, 7) is 4.73. The summed E-state index contributed by atoms with van der Waals surface area (Å²) in [5, 5.41) is 10.8. The standard InChI is InChI=1S/C12H18N2O2/c1-12(2,9-13)8-7-10-5-3-4-6-11(10)14(15)16/h3-6H,7-9,13H2,1-2H3. The first-order valence-corrected chi connectivity index (χ1v) is 5.39. The fraction of sp³-hybridized carbons (Fsp3) is 0.500. The first-order valence-electron chi connectivity index (χ1n) is 5.39. The van der Waals surface area contributed by atoms with Crippen molar-refractivity contribution in [3.05, 3.63) is 39.9 Å². The molecule has 4 heteroatoms. The molecule has 0 heterocycles. The zero-order valence-corrected chi connectivity index (χ0v) is 9.77. The molecule has 0 aromatic heterocycles. The first-order chi connectivity index (χ1) is 7.46. The fourth-order valence-electron chi connectivity index (χ4n) is 1.48. The summed E-state index contributed by atoms with van der Waals surface area (Å²) in [5.41, 5.74) is 6.66. The third kappa shape index (κ3) is 3.31. The van der Waals surface area contributed by atoms with E-state index in [2.05, 4.69) is 13.8 Å². The molecule has 0 fully saturated rings. The van der Waals surface area contributed by atoms with E-state index in [9.17, 15) is 10.1 Å². The molecule has 0 saturated heterocycles. The van der Waals surface area contributed by atoms with Crippen LogP contribution in [0.5, 0.6) is 0 Å². The van der Waals surface area contributed by atoms with Gasteiger partial charge in [-0.05, 0) is 24.8 Å². The summed E-state index contributed by atoms with van der Waals surface area (Å²) in [4.78, 5) is 10.5. The average molecular weight is 222 g/mol. The van der Waals surface area contributed by atoms with Gasteiger partial charge in [0.05, 0.1) is 4.92 Å². The largest absolute Gasteiger partial charge is 0.330 e. The Morgan fingerprint density at radius 3 is 2.56 bits per heavy atom. The Morgan fingerprint density at radius 1 is 1.38 bits per heavy atom. The van der Waals surface area contributed by atoms with Gasteiger partial charge in [-0.2, -0.15) is 0 Å². The number of hydrogen-bond acceptors (Lipinski definition) is 3. The van der Waals surface area contributed by atoms with Crippen molar-refractivity contribution < 1.29 is 4.92 Å². The number of benzene rings is 1. The lowest BCUT2D eigenvalue weighted by Gasteiger charge is -2.21. The van der Waals surface area contributed by atoms with Crippen LogP contribution in [0, 0.1) is 15.5 Å². The van der Waals surface area contributed by atoms with E-state index in [0.29, 0.717) is 13.0 Å². The quantitative estimate of drug-likeness (QED) is 0.614. The number of nitro groups is 1. The van der Waals surface area contributed by atoms with Crippen LogP contribution in [0.4, 0.5) is 5.69 Å². The molecular weight excluding hydrogens is 204 g/mol. The molecule has 0 radical (unpaired) electrons. The highest BCUT2D eigenvalue weighted by molar-refractivity contribution is 5.39. The Morgan fingerprint density at radius 2 is 2.00 bits per heavy atom. The summed E-state index contributed by atoms with van der Waals surface area (Å²) >= 11 is 0. The predicted octanol–water partition coefficient (Wildman–Crippen LogP) is 2.51. The maximum atomic E-state index is 10.8. The van der Waals surface area contributed by atoms with Crippen LogP contribution in [-0.4, -0.2) is 11.5 Å². The Kier molecular flexibility index (Phi) is 4.01. The van der Waals surface area contributed by atoms with Crippen LogP contribution in [0.15, 0.2) is 24.3 Å². The highest BCUT2D eigenvalue weighted by Gasteiger charge is 2.18. The van der Waals surface area contributed by atoms with E-state index in [1.165, 1.54) is 0 Å². The molecule has 0 saturated carbocycles. The Balaban J connectivity index is 2.78. The number of rotatable bonds is 5. The van der Waals surface area contributed by atoms with Crippen LogP contribution in [0.25, 0.3) is 0 Å². The number of nitrogens with two attached hydrogens (primary N) is 1. The molecule has 4 nitrogen and oxygen atoms in total. The molecule has 0 unspecified atom stereocenters. The summed E-state index contributed by atoms with van der Waals surface area (Å²) in [6.07, 6.45) is 1.55. The SMILES string of the molecule is CC(C)(CN)CCc1ccccc1[N+](=O)[O-]. The number of para-hydroxylation sites is 1. The van der Waals surface area contributed by atoms with Gasteiger partial charge in [0.15, 0.2) is 0 Å². The normalized spacial score (nSPS) is 11.4. The molecule has 1 aromatic rings. The number of aryl methyl sites for hydroxylation is 1. The van der Waals surface area contributed by atoms with Gasteiger partial charge in [-0.25, -0.2) is 0 Å². The number of hydrogen-bond donors (Lipinski definition) is 1. The minimum absolute atomic E-state index is 0.0315. The molecule has 0 aliphatic rings. The van der Waals surface area contributed by atoms with Crippen molar-refractivity contribution in [2.45, 2.75) is 26.7 Å². The highest BCUT2D eigenvalue weighted by Crippen LogP contribution is 2.25. The van der Waals surface area contributed by atoms with E-state index in [-0.39, 0.29) is 16.0 Å². The molecule has 0 atom stereocenters. The van der Waals surface area contributed by atoms with Gasteiger partial charge in [0.25, 0.3) is 5.69 Å². The molecule has 0 bridgehead atoms. The monoisotopic (exact) mass is 222 g/mol. The van der Waals surface area contributed by atoms with Crippen LogP contribution in [0.1, 0.15) is 25.8 Å². The van der Waals surface area contributed by atoms with Crippen molar-refractivity contribution in [3.8, 4) is 0 Å². The molecule has 1 aromatic carbocycles. The van der Waals surface area contributed by atoms with Gasteiger partial charge in [-0.1, -0.05) is 32.0 Å². The van der Waals surface area contributed by atoms with Crippen molar-refractivity contribution >= 4 is 5.69 Å². The van der Waals surface area contributed by atoms with Crippen LogP contribution >= 0.6 is 0 Å². The summed E-state index contributed by atoms with van der Waals surface area (Å²) in [6, 6.07) is 6.88. The number of nitrogens with zero attached hydrogens (tertiary/aromatic N) is 1. The molecular formula is C12H18N2O2. The van der Waals surface area contributed by atoms with Gasteiger partial charge in [-0.3, -0.25) is 10.1 Å². The minimum Gasteiger partial charge on any atom is -0.330 e. The maximum absolute atomic E-state index is 10.8. The topological polar surface area (TPSA) is 69.2 Å². The lowest BCUT2D eigenvalue weighted by atomic mass is 9.86. The number of nitro benzene ring substituents is 1. The Hall–Kier alpha value is -1.42. The second-order valence-electron chi connectivity index (χ2n) is 4.75. The molecule has 1 rings (SSSR count). The summed E-state index contributed by atoms with van der Waals surface area (Å²) in [5.74, 6) is 0. The molecule has 0 amide bonds. The second-order valence-corrected chi connectivity index (χ2v) is 4.75. The van der Waals surface area contributed by atoms with Gasteiger partial charge in [0.2, 0.25) is 0 Å². The van der Waals surface area contributed by atoms with E-state index in [1.54, 1.807) is 12.1 Å². The van der Waals surface area contributed by atoms with Crippen molar-refractivity contribution in [2.24, 2.45) is 11.1 Å². The summed E-state index contributed by atoms with van der Waals surface area (Å²) < 4.78 is 0. The second kappa shape index (κ2) is 5.07. The average Bonchev–Trinajstić information content (AvgIpc) is 2.27. The molecule has 2 N–H and O–H groups in total. The smallest absolute Gasteiger partial charge is 0.272 e. The molecule has 0 aliphatic heterocycles. The molecule has 88 valence electrons. The van der Waals surface area contributed by atoms with Crippen LogP contribution in [-0.2, 0) is 6.42 Å². The van der Waals surface area contributed by atoms with E-state index >= 15 is 0 Å². The third-order valence-electron chi connectivity index (χ3n) is 2.81. The third-order valence-corrected chi connectivity index (χ3v) is 2.81. The van der Waals surface area contributed by atoms with Crippen LogP contribution in [0.3, 0.4) is 0 Å². The fourth-order valence-corrected chi connectivity index (χ4v) is 1.48. The van der Waals surface area contributed by atoms with Gasteiger partial charge in [0.1, 0.15) is 0 Å². The predicted molar refractivity (Wildman–Crippen MR) is 64.3 cm³/mol. The van der Waals surface area contributed by atoms with Crippen LogP contribution < -0.4 is 5.73 Å². The van der Waals surface area contributed by atoms with Crippen molar-refractivity contribution in [2.75, 3.05) is 6.54 Å². The van der Waals surface area contributed by atoms with Gasteiger partial charge >= 0.3 is 0 Å². The van der Waals surface area contributed by atoms with Crippen molar-refractivity contribution in [1.29, 1.82) is 0 Å². The maximum Gasteiger partial charge on any atom is 0.272 e. The zero-order valence-electron chi connectivity index (χ0n) is 9.77. The zero-order chi connectivity index (χ0) is 12.2. The Labute approximate surface area is 95.6 Å². The van der Waals surface area contributed by atoms with Crippen molar-refractivity contribution in [3.63, 3.8) is 0 Å². The summed E-state index contributed by atoms with van der Waals surface area (Å²) in [7, 11) is 0. The lowest BCUT2D eigenvalue weighted by molar-refractivity contribution is -0.385.